The number of nitrogens with zero attached hydrogens (tertiary/aromatic N) is 3. The highest BCUT2D eigenvalue weighted by molar-refractivity contribution is 5.99. The van der Waals surface area contributed by atoms with Crippen LogP contribution in [-0.2, 0) is 6.54 Å². The van der Waals surface area contributed by atoms with E-state index in [0.29, 0.717) is 24.5 Å². The van der Waals surface area contributed by atoms with Crippen molar-refractivity contribution in [2.45, 2.75) is 32.7 Å². The number of nitrogens with one attached hydrogen (secondary N) is 4. The number of amides is 3. The largest absolute Gasteiger partial charge is 0.384 e. The number of rotatable bonds is 10. The van der Waals surface area contributed by atoms with Crippen LogP contribution in [0.4, 0.5) is 30.9 Å². The number of nitrogens with two attached hydrogens (primary N) is 1. The van der Waals surface area contributed by atoms with Crippen LogP contribution in [0.25, 0.3) is 11.3 Å². The lowest BCUT2D eigenvalue weighted by molar-refractivity contribution is 0.0947. The Hall–Kier alpha value is -4.32. The van der Waals surface area contributed by atoms with E-state index in [-0.39, 0.29) is 40.8 Å². The second-order valence-corrected chi connectivity index (χ2v) is 9.50. The summed E-state index contributed by atoms with van der Waals surface area (Å²) in [5.74, 6) is -1.55. The van der Waals surface area contributed by atoms with Crippen molar-refractivity contribution in [3.05, 3.63) is 65.4 Å². The van der Waals surface area contributed by atoms with Crippen LogP contribution < -0.4 is 27.0 Å². The van der Waals surface area contributed by atoms with Gasteiger partial charge in [-0.2, -0.15) is 0 Å². The SMILES string of the molecule is CCNc1nc(-c2c(F)cc(NC(=O)NCc3ccc(N)nc3)cc2F)ccc1C(=O)NCCN1CCCCC1. The number of carbonyl (C=O) groups is 2. The molecule has 0 bridgehead atoms. The van der Waals surface area contributed by atoms with Gasteiger partial charge in [0.05, 0.1) is 16.8 Å². The zero-order valence-electron chi connectivity index (χ0n) is 22.4. The molecule has 0 atom stereocenters. The third-order valence-electron chi connectivity index (χ3n) is 6.50. The first-order valence-corrected chi connectivity index (χ1v) is 13.3. The van der Waals surface area contributed by atoms with E-state index >= 15 is 8.78 Å². The minimum atomic E-state index is -0.910. The normalized spacial score (nSPS) is 13.5. The van der Waals surface area contributed by atoms with Gasteiger partial charge in [-0.25, -0.2) is 23.5 Å². The van der Waals surface area contributed by atoms with Crippen LogP contribution >= 0.6 is 0 Å². The van der Waals surface area contributed by atoms with Gasteiger partial charge in [0.25, 0.3) is 5.91 Å². The van der Waals surface area contributed by atoms with Gasteiger partial charge >= 0.3 is 6.03 Å². The molecule has 3 aromatic rings. The van der Waals surface area contributed by atoms with Crippen molar-refractivity contribution in [1.29, 1.82) is 0 Å². The highest BCUT2D eigenvalue weighted by atomic mass is 19.1. The third kappa shape index (κ3) is 7.63. The Morgan fingerprint density at radius 1 is 1.02 bits per heavy atom. The van der Waals surface area contributed by atoms with E-state index in [0.717, 1.165) is 31.8 Å². The Morgan fingerprint density at radius 2 is 1.77 bits per heavy atom. The summed E-state index contributed by atoms with van der Waals surface area (Å²) in [5, 5.41) is 10.9. The fraction of sp³-hybridized carbons (Fsp3) is 0.357. The zero-order valence-corrected chi connectivity index (χ0v) is 22.4. The molecule has 0 radical (unpaired) electrons. The molecule has 0 saturated carbocycles. The van der Waals surface area contributed by atoms with E-state index in [9.17, 15) is 9.59 Å². The minimum absolute atomic E-state index is 0.0164. The molecule has 2 aromatic heterocycles. The smallest absolute Gasteiger partial charge is 0.319 e. The lowest BCUT2D eigenvalue weighted by Crippen LogP contribution is -2.37. The molecule has 4 rings (SSSR count). The van der Waals surface area contributed by atoms with Crippen LogP contribution in [-0.4, -0.2) is 59.5 Å². The van der Waals surface area contributed by atoms with Crippen molar-refractivity contribution in [3.63, 3.8) is 0 Å². The molecule has 10 nitrogen and oxygen atoms in total. The summed E-state index contributed by atoms with van der Waals surface area (Å²) in [6.45, 7) is 5.77. The molecule has 6 N–H and O–H groups in total. The zero-order chi connectivity index (χ0) is 28.5. The number of hydrogen-bond donors (Lipinski definition) is 5. The van der Waals surface area contributed by atoms with Crippen molar-refractivity contribution >= 4 is 29.3 Å². The van der Waals surface area contributed by atoms with Gasteiger partial charge in [-0.3, -0.25) is 4.79 Å². The van der Waals surface area contributed by atoms with Crippen molar-refractivity contribution in [1.82, 2.24) is 25.5 Å². The molecule has 1 fully saturated rings. The van der Waals surface area contributed by atoms with Crippen molar-refractivity contribution < 1.29 is 18.4 Å². The Kier molecular flexibility index (Phi) is 9.79. The maximum absolute atomic E-state index is 15.1. The predicted octanol–water partition coefficient (Wildman–Crippen LogP) is 3.97. The lowest BCUT2D eigenvalue weighted by atomic mass is 10.1. The first kappa shape index (κ1) is 28.7. The molecule has 0 spiro atoms. The van der Waals surface area contributed by atoms with Gasteiger partial charge in [-0.1, -0.05) is 12.5 Å². The number of benzene rings is 1. The number of hydrogen-bond acceptors (Lipinski definition) is 7. The maximum atomic E-state index is 15.1. The van der Waals surface area contributed by atoms with Crippen LogP contribution in [0.2, 0.25) is 0 Å². The second kappa shape index (κ2) is 13.7. The molecule has 3 heterocycles. The van der Waals surface area contributed by atoms with E-state index in [1.54, 1.807) is 12.1 Å². The second-order valence-electron chi connectivity index (χ2n) is 9.50. The van der Waals surface area contributed by atoms with E-state index in [4.69, 9.17) is 5.73 Å². The van der Waals surface area contributed by atoms with Gasteiger partial charge in [-0.15, -0.1) is 0 Å². The van der Waals surface area contributed by atoms with Crippen molar-refractivity contribution in [3.8, 4) is 11.3 Å². The molecule has 40 heavy (non-hydrogen) atoms. The summed E-state index contributed by atoms with van der Waals surface area (Å²) in [6.07, 6.45) is 5.10. The van der Waals surface area contributed by atoms with E-state index in [1.165, 1.54) is 37.6 Å². The summed E-state index contributed by atoms with van der Waals surface area (Å²) in [6, 6.07) is 7.59. The molecule has 1 aromatic carbocycles. The van der Waals surface area contributed by atoms with Crippen molar-refractivity contribution in [2.24, 2.45) is 0 Å². The topological polar surface area (TPSA) is 137 Å². The first-order valence-electron chi connectivity index (χ1n) is 13.3. The fourth-order valence-corrected chi connectivity index (χ4v) is 4.48. The van der Waals surface area contributed by atoms with Crippen LogP contribution in [0, 0.1) is 11.6 Å². The van der Waals surface area contributed by atoms with Crippen LogP contribution in [0.5, 0.6) is 0 Å². The number of piperidine rings is 1. The van der Waals surface area contributed by atoms with Crippen molar-refractivity contribution in [2.75, 3.05) is 49.1 Å². The molecule has 1 aliphatic rings. The number of nitrogen functional groups attached to an aromatic ring is 1. The summed E-state index contributed by atoms with van der Waals surface area (Å²) in [4.78, 5) is 35.7. The Balaban J connectivity index is 1.42. The number of carbonyl (C=O) groups excluding carboxylic acids is 2. The standard InChI is InChI=1S/C28H34F2N8O2/c1-2-32-26-20(27(39)33-10-13-38-11-4-3-5-12-38)7-8-23(37-26)25-21(29)14-19(15-22(25)30)36-28(40)35-17-18-6-9-24(31)34-16-18/h6-9,14-16H,2-5,10-13,17H2,1H3,(H2,31,34)(H,32,37)(H,33,39)(H2,35,36,40). The average Bonchev–Trinajstić information content (AvgIpc) is 2.93. The van der Waals surface area contributed by atoms with Gasteiger partial charge < -0.3 is 31.9 Å². The summed E-state index contributed by atoms with van der Waals surface area (Å²) >= 11 is 0. The molecular weight excluding hydrogens is 518 g/mol. The van der Waals surface area contributed by atoms with E-state index in [2.05, 4.69) is 36.1 Å². The summed E-state index contributed by atoms with van der Waals surface area (Å²) in [5.41, 5.74) is 6.12. The highest BCUT2D eigenvalue weighted by Crippen LogP contribution is 2.29. The van der Waals surface area contributed by atoms with Gasteiger partial charge in [0.15, 0.2) is 0 Å². The highest BCUT2D eigenvalue weighted by Gasteiger charge is 2.20. The average molecular weight is 553 g/mol. The number of aromatic nitrogens is 2. The summed E-state index contributed by atoms with van der Waals surface area (Å²) in [7, 11) is 0. The van der Waals surface area contributed by atoms with E-state index in [1.807, 2.05) is 6.92 Å². The van der Waals surface area contributed by atoms with Gasteiger partial charge in [0, 0.05) is 38.1 Å². The Labute approximate surface area is 231 Å². The molecular formula is C28H34F2N8O2. The number of halogens is 2. The number of urea groups is 1. The van der Waals surface area contributed by atoms with Crippen LogP contribution in [0.1, 0.15) is 42.1 Å². The van der Waals surface area contributed by atoms with Gasteiger partial charge in [-0.05, 0) is 68.8 Å². The number of anilines is 3. The monoisotopic (exact) mass is 552 g/mol. The number of likely N-dealkylation sites (tertiary alicyclic amines) is 1. The molecule has 1 saturated heterocycles. The van der Waals surface area contributed by atoms with Crippen LogP contribution in [0.3, 0.4) is 0 Å². The molecule has 0 unspecified atom stereocenters. The number of pyridine rings is 2. The summed E-state index contributed by atoms with van der Waals surface area (Å²) < 4.78 is 30.2. The Bertz CT molecular complexity index is 1310. The van der Waals surface area contributed by atoms with Crippen LogP contribution in [0.15, 0.2) is 42.6 Å². The maximum Gasteiger partial charge on any atom is 0.319 e. The molecule has 12 heteroatoms. The third-order valence-corrected chi connectivity index (χ3v) is 6.50. The Morgan fingerprint density at radius 3 is 2.45 bits per heavy atom. The molecule has 0 aliphatic carbocycles. The lowest BCUT2D eigenvalue weighted by Gasteiger charge is -2.26. The van der Waals surface area contributed by atoms with E-state index < -0.39 is 17.7 Å². The fourth-order valence-electron chi connectivity index (χ4n) is 4.48. The molecule has 212 valence electrons. The molecule has 3 amide bonds. The van der Waals surface area contributed by atoms with Gasteiger partial charge in [0.1, 0.15) is 23.3 Å². The predicted molar refractivity (Wildman–Crippen MR) is 151 cm³/mol. The quantitative estimate of drug-likeness (QED) is 0.257. The first-order chi connectivity index (χ1) is 19.3. The minimum Gasteiger partial charge on any atom is -0.384 e. The van der Waals surface area contributed by atoms with Gasteiger partial charge in [0.2, 0.25) is 0 Å². The molecule has 1 aliphatic heterocycles.